The Bertz CT molecular complexity index is 1480. The van der Waals surface area contributed by atoms with Gasteiger partial charge in [0, 0.05) is 19.3 Å². The van der Waals surface area contributed by atoms with Crippen LogP contribution in [0.2, 0.25) is 0 Å². The zero-order valence-electron chi connectivity index (χ0n) is 51.7. The van der Waals surface area contributed by atoms with Gasteiger partial charge in [0.25, 0.3) is 0 Å². The molecule has 0 rings (SSSR count). The molecule has 0 saturated carbocycles. The highest BCUT2D eigenvalue weighted by molar-refractivity contribution is 5.71. The minimum absolute atomic E-state index is 0.0790. The number of ether oxygens (including phenoxy) is 3. The zero-order chi connectivity index (χ0) is 56.4. The van der Waals surface area contributed by atoms with Crippen molar-refractivity contribution in [2.75, 3.05) is 13.2 Å². The number of allylic oxidation sites excluding steroid dienone is 14. The van der Waals surface area contributed by atoms with E-state index in [0.29, 0.717) is 19.3 Å². The molecule has 1 atom stereocenters. The lowest BCUT2D eigenvalue weighted by molar-refractivity contribution is -0.167. The quantitative estimate of drug-likeness (QED) is 0.0261. The molecule has 0 amide bonds. The lowest BCUT2D eigenvalue weighted by Crippen LogP contribution is -2.30. The van der Waals surface area contributed by atoms with Crippen molar-refractivity contribution in [1.82, 2.24) is 0 Å². The third-order valence-electron chi connectivity index (χ3n) is 14.6. The van der Waals surface area contributed by atoms with Crippen LogP contribution in [0.25, 0.3) is 0 Å². The van der Waals surface area contributed by atoms with E-state index in [-0.39, 0.29) is 31.1 Å². The molecular formula is C72H126O6. The van der Waals surface area contributed by atoms with Crippen LogP contribution >= 0.6 is 0 Å². The van der Waals surface area contributed by atoms with Crippen LogP contribution in [0, 0.1) is 0 Å². The van der Waals surface area contributed by atoms with Crippen LogP contribution in [0.5, 0.6) is 0 Å². The van der Waals surface area contributed by atoms with Crippen LogP contribution in [-0.2, 0) is 28.6 Å². The van der Waals surface area contributed by atoms with Crippen LogP contribution in [0.4, 0.5) is 0 Å². The summed E-state index contributed by atoms with van der Waals surface area (Å²) >= 11 is 0. The maximum atomic E-state index is 12.9. The molecule has 6 heteroatoms. The van der Waals surface area contributed by atoms with E-state index in [0.717, 1.165) is 109 Å². The predicted molar refractivity (Wildman–Crippen MR) is 339 cm³/mol. The maximum absolute atomic E-state index is 12.9. The van der Waals surface area contributed by atoms with Gasteiger partial charge in [-0.05, 0) is 89.9 Å². The standard InChI is InChI=1S/C72H126O6/c1-4-7-10-13-16-19-22-25-28-31-33-35-36-37-39-41-44-47-50-53-56-59-62-65-71(74)77-68-69(67-76-70(73)64-61-58-55-52-49-46-43-40-30-27-24-21-18-15-12-9-6-3)78-72(75)66-63-60-57-54-51-48-45-42-38-34-32-29-26-23-20-17-14-11-8-5-2/h7,9-10,12,16,18-19,21,25,27-28,30,33,35,69H,4-6,8,11,13-15,17,20,22-24,26,29,31-32,34,36-68H2,1-3H3/b10-7-,12-9-,19-16-,21-18-,28-25-,30-27-,35-33-. The van der Waals surface area contributed by atoms with Crippen LogP contribution < -0.4 is 0 Å². The molecule has 78 heavy (non-hydrogen) atoms. The normalized spacial score (nSPS) is 12.6. The van der Waals surface area contributed by atoms with Gasteiger partial charge in [-0.1, -0.05) is 311 Å². The summed E-state index contributed by atoms with van der Waals surface area (Å²) in [6, 6.07) is 0. The van der Waals surface area contributed by atoms with E-state index < -0.39 is 6.10 Å². The molecule has 0 radical (unpaired) electrons. The van der Waals surface area contributed by atoms with E-state index >= 15 is 0 Å². The minimum Gasteiger partial charge on any atom is -0.462 e. The molecular weight excluding hydrogens is 961 g/mol. The third-order valence-corrected chi connectivity index (χ3v) is 14.6. The number of hydrogen-bond donors (Lipinski definition) is 0. The van der Waals surface area contributed by atoms with Crippen molar-refractivity contribution in [3.8, 4) is 0 Å². The molecule has 1 unspecified atom stereocenters. The minimum atomic E-state index is -0.783. The first-order chi connectivity index (χ1) is 38.5. The van der Waals surface area contributed by atoms with Gasteiger partial charge in [0.15, 0.2) is 6.10 Å². The Labute approximate surface area is 484 Å². The Morgan fingerprint density at radius 3 is 0.782 bits per heavy atom. The van der Waals surface area contributed by atoms with Crippen molar-refractivity contribution < 1.29 is 28.6 Å². The summed E-state index contributed by atoms with van der Waals surface area (Å²) in [7, 11) is 0. The molecule has 450 valence electrons. The lowest BCUT2D eigenvalue weighted by Gasteiger charge is -2.18. The van der Waals surface area contributed by atoms with E-state index in [1.165, 1.54) is 186 Å². The molecule has 0 aliphatic rings. The van der Waals surface area contributed by atoms with Crippen molar-refractivity contribution in [3.05, 3.63) is 85.1 Å². The van der Waals surface area contributed by atoms with Gasteiger partial charge < -0.3 is 14.2 Å². The molecule has 0 heterocycles. The average molecular weight is 1090 g/mol. The Hall–Kier alpha value is -3.41. The molecule has 0 bridgehead atoms. The summed E-state index contributed by atoms with van der Waals surface area (Å²) in [5.74, 6) is -0.874. The van der Waals surface area contributed by atoms with E-state index in [1.807, 2.05) is 0 Å². The van der Waals surface area contributed by atoms with Crippen molar-refractivity contribution in [2.24, 2.45) is 0 Å². The maximum Gasteiger partial charge on any atom is 0.306 e. The first kappa shape index (κ1) is 74.6. The average Bonchev–Trinajstić information content (AvgIpc) is 3.44. The fraction of sp³-hybridized carbons (Fsp3) is 0.764. The summed E-state index contributed by atoms with van der Waals surface area (Å²) in [4.78, 5) is 38.4. The summed E-state index contributed by atoms with van der Waals surface area (Å²) in [5.41, 5.74) is 0. The summed E-state index contributed by atoms with van der Waals surface area (Å²) in [6.45, 7) is 6.46. The van der Waals surface area contributed by atoms with E-state index in [4.69, 9.17) is 14.2 Å². The zero-order valence-corrected chi connectivity index (χ0v) is 51.7. The van der Waals surface area contributed by atoms with Crippen LogP contribution in [0.1, 0.15) is 335 Å². The van der Waals surface area contributed by atoms with E-state index in [2.05, 4.69) is 106 Å². The molecule has 0 saturated heterocycles. The smallest absolute Gasteiger partial charge is 0.306 e. The molecule has 0 spiro atoms. The highest BCUT2D eigenvalue weighted by Gasteiger charge is 2.19. The van der Waals surface area contributed by atoms with Gasteiger partial charge in [0.1, 0.15) is 13.2 Å². The summed E-state index contributed by atoms with van der Waals surface area (Å²) in [5, 5.41) is 0. The number of carbonyl (C=O) groups is 3. The Morgan fingerprint density at radius 1 is 0.269 bits per heavy atom. The van der Waals surface area contributed by atoms with Gasteiger partial charge in [0.05, 0.1) is 0 Å². The highest BCUT2D eigenvalue weighted by atomic mass is 16.6. The van der Waals surface area contributed by atoms with Crippen LogP contribution in [-0.4, -0.2) is 37.2 Å². The second-order valence-corrected chi connectivity index (χ2v) is 22.3. The first-order valence-corrected chi connectivity index (χ1v) is 33.6. The van der Waals surface area contributed by atoms with Crippen LogP contribution in [0.3, 0.4) is 0 Å². The number of carbonyl (C=O) groups excluding carboxylic acids is 3. The fourth-order valence-corrected chi connectivity index (χ4v) is 9.69. The predicted octanol–water partition coefficient (Wildman–Crippen LogP) is 23.1. The van der Waals surface area contributed by atoms with Gasteiger partial charge >= 0.3 is 17.9 Å². The Kier molecular flexibility index (Phi) is 63.2. The van der Waals surface area contributed by atoms with Gasteiger partial charge in [-0.2, -0.15) is 0 Å². The summed E-state index contributed by atoms with van der Waals surface area (Å²) in [6.07, 6.45) is 87.3. The second-order valence-electron chi connectivity index (χ2n) is 22.3. The Morgan fingerprint density at radius 2 is 0.500 bits per heavy atom. The van der Waals surface area contributed by atoms with Crippen molar-refractivity contribution in [3.63, 3.8) is 0 Å². The number of hydrogen-bond acceptors (Lipinski definition) is 6. The summed E-state index contributed by atoms with van der Waals surface area (Å²) < 4.78 is 17.0. The lowest BCUT2D eigenvalue weighted by atomic mass is 10.0. The number of unbranched alkanes of at least 4 members (excludes halogenated alkanes) is 36. The molecule has 0 aliphatic heterocycles. The molecule has 0 fully saturated rings. The van der Waals surface area contributed by atoms with E-state index in [9.17, 15) is 14.4 Å². The largest absolute Gasteiger partial charge is 0.462 e. The van der Waals surface area contributed by atoms with Gasteiger partial charge in [-0.25, -0.2) is 0 Å². The SMILES string of the molecule is CC/C=C\C/C=C\C/C=C\C/C=C\CCCCCCCCCCCCC(=O)OCC(COC(=O)CCCCCCCCC/C=C\C/C=C\C/C=C\CC)OC(=O)CCCCCCCCCCCCCCCCCCCCCC. The van der Waals surface area contributed by atoms with Gasteiger partial charge in [-0.3, -0.25) is 14.4 Å². The molecule has 0 aliphatic carbocycles. The van der Waals surface area contributed by atoms with Crippen molar-refractivity contribution >= 4 is 17.9 Å². The number of esters is 3. The van der Waals surface area contributed by atoms with Crippen molar-refractivity contribution in [1.29, 1.82) is 0 Å². The van der Waals surface area contributed by atoms with E-state index in [1.54, 1.807) is 0 Å². The number of rotatable bonds is 61. The second kappa shape index (κ2) is 66.1. The third kappa shape index (κ3) is 63.4. The monoisotopic (exact) mass is 1090 g/mol. The first-order valence-electron chi connectivity index (χ1n) is 33.6. The fourth-order valence-electron chi connectivity index (χ4n) is 9.69. The molecule has 0 aromatic heterocycles. The van der Waals surface area contributed by atoms with Gasteiger partial charge in [-0.15, -0.1) is 0 Å². The van der Waals surface area contributed by atoms with Gasteiger partial charge in [0.2, 0.25) is 0 Å². The van der Waals surface area contributed by atoms with Crippen molar-refractivity contribution in [2.45, 2.75) is 341 Å². The van der Waals surface area contributed by atoms with Crippen LogP contribution in [0.15, 0.2) is 85.1 Å². The molecule has 0 aromatic carbocycles. The molecule has 6 nitrogen and oxygen atoms in total. The molecule has 0 N–H and O–H groups in total. The molecule has 0 aromatic rings. The highest BCUT2D eigenvalue weighted by Crippen LogP contribution is 2.17. The topological polar surface area (TPSA) is 78.9 Å². The Balaban J connectivity index is 4.35.